The van der Waals surface area contributed by atoms with E-state index in [1.165, 1.54) is 0 Å². The average molecular weight is 312 g/mol. The van der Waals surface area contributed by atoms with E-state index in [9.17, 15) is 8.42 Å². The number of rotatable bonds is 2. The molecule has 0 spiro atoms. The number of nitrogens with zero attached hydrogens (tertiary/aromatic N) is 2. The molecule has 6 heteroatoms. The lowest BCUT2D eigenvalue weighted by molar-refractivity contribution is 0.497. The molecule has 0 N–H and O–H groups in total. The zero-order chi connectivity index (χ0) is 9.47. The summed E-state index contributed by atoms with van der Waals surface area (Å²) >= 11 is 2.15. The van der Waals surface area contributed by atoms with Crippen LogP contribution in [0.1, 0.15) is 6.42 Å². The van der Waals surface area contributed by atoms with Crippen molar-refractivity contribution in [2.24, 2.45) is 0 Å². The Labute approximate surface area is 90.4 Å². The Bertz CT molecular complexity index is 412. The molecule has 72 valence electrons. The predicted octanol–water partition coefficient (Wildman–Crippen LogP) is 0.675. The molecule has 0 aliphatic carbocycles. The summed E-state index contributed by atoms with van der Waals surface area (Å²) in [6.45, 7) is 0.505. The van der Waals surface area contributed by atoms with Crippen LogP contribution in [0.15, 0.2) is 12.4 Å². The first-order valence-corrected chi connectivity index (χ1v) is 6.77. The summed E-state index contributed by atoms with van der Waals surface area (Å²) in [4.78, 5) is 0. The van der Waals surface area contributed by atoms with Gasteiger partial charge in [-0.3, -0.25) is 4.68 Å². The van der Waals surface area contributed by atoms with Crippen molar-refractivity contribution >= 4 is 32.4 Å². The molecule has 1 aromatic rings. The molecule has 1 aliphatic heterocycles. The van der Waals surface area contributed by atoms with Crippen LogP contribution in [-0.2, 0) is 16.4 Å². The van der Waals surface area contributed by atoms with Gasteiger partial charge >= 0.3 is 0 Å². The number of hydrogen-bond donors (Lipinski definition) is 0. The van der Waals surface area contributed by atoms with Gasteiger partial charge in [-0.2, -0.15) is 5.10 Å². The Balaban J connectivity index is 2.07. The van der Waals surface area contributed by atoms with Crippen LogP contribution in [0.2, 0.25) is 0 Å². The zero-order valence-corrected chi connectivity index (χ0v) is 9.82. The highest BCUT2D eigenvalue weighted by atomic mass is 127. The summed E-state index contributed by atoms with van der Waals surface area (Å²) in [6, 6.07) is 0. The van der Waals surface area contributed by atoms with Gasteiger partial charge in [-0.1, -0.05) is 0 Å². The highest BCUT2D eigenvalue weighted by Crippen LogP contribution is 2.22. The standard InChI is InChI=1S/C7H9IN2O2S/c8-6-3-9-10(4-6)5-7-1-2-13(7,11)12/h3-4,7H,1-2,5H2. The molecule has 4 nitrogen and oxygen atoms in total. The van der Waals surface area contributed by atoms with Gasteiger partial charge < -0.3 is 0 Å². The summed E-state index contributed by atoms with van der Waals surface area (Å²) in [7, 11) is -2.77. The molecule has 0 bridgehead atoms. The second-order valence-corrected chi connectivity index (χ2v) is 6.80. The molecular formula is C7H9IN2O2S. The van der Waals surface area contributed by atoms with E-state index in [1.807, 2.05) is 6.20 Å². The molecular weight excluding hydrogens is 303 g/mol. The van der Waals surface area contributed by atoms with Gasteiger partial charge in [0.15, 0.2) is 9.84 Å². The SMILES string of the molecule is O=S1(=O)CCC1Cn1cc(I)cn1. The highest BCUT2D eigenvalue weighted by Gasteiger charge is 2.35. The number of aromatic nitrogens is 2. The monoisotopic (exact) mass is 312 g/mol. The molecule has 1 atom stereocenters. The van der Waals surface area contributed by atoms with Crippen LogP contribution in [0.25, 0.3) is 0 Å². The van der Waals surface area contributed by atoms with Gasteiger partial charge in [0, 0.05) is 6.20 Å². The lowest BCUT2D eigenvalue weighted by Gasteiger charge is -2.25. The molecule has 2 rings (SSSR count). The van der Waals surface area contributed by atoms with E-state index < -0.39 is 9.84 Å². The Morgan fingerprint density at radius 3 is 2.85 bits per heavy atom. The fraction of sp³-hybridized carbons (Fsp3) is 0.571. The predicted molar refractivity (Wildman–Crippen MR) is 57.1 cm³/mol. The van der Waals surface area contributed by atoms with E-state index in [1.54, 1.807) is 10.9 Å². The van der Waals surface area contributed by atoms with Gasteiger partial charge in [0.25, 0.3) is 0 Å². The molecule has 1 unspecified atom stereocenters. The zero-order valence-electron chi connectivity index (χ0n) is 6.85. The van der Waals surface area contributed by atoms with Crippen molar-refractivity contribution in [3.05, 3.63) is 16.0 Å². The smallest absolute Gasteiger partial charge is 0.155 e. The van der Waals surface area contributed by atoms with Crippen LogP contribution in [-0.4, -0.2) is 29.2 Å². The normalized spacial score (nSPS) is 25.5. The summed E-state index contributed by atoms with van der Waals surface area (Å²) in [5.41, 5.74) is 0. The second-order valence-electron chi connectivity index (χ2n) is 3.16. The second kappa shape index (κ2) is 3.23. The molecule has 0 saturated carbocycles. The van der Waals surface area contributed by atoms with Gasteiger partial charge in [0.05, 0.1) is 27.3 Å². The van der Waals surface area contributed by atoms with E-state index in [-0.39, 0.29) is 5.25 Å². The first-order chi connectivity index (χ1) is 6.08. The molecule has 1 aromatic heterocycles. The van der Waals surface area contributed by atoms with Crippen molar-refractivity contribution in [1.82, 2.24) is 9.78 Å². The van der Waals surface area contributed by atoms with Gasteiger partial charge in [-0.05, 0) is 29.0 Å². The van der Waals surface area contributed by atoms with E-state index in [4.69, 9.17) is 0 Å². The van der Waals surface area contributed by atoms with E-state index in [0.29, 0.717) is 12.3 Å². The van der Waals surface area contributed by atoms with Crippen molar-refractivity contribution in [3.8, 4) is 0 Å². The summed E-state index contributed by atoms with van der Waals surface area (Å²) in [5, 5.41) is 3.84. The minimum absolute atomic E-state index is 0.205. The maximum Gasteiger partial charge on any atom is 0.155 e. The molecule has 2 heterocycles. The van der Waals surface area contributed by atoms with Gasteiger partial charge in [-0.25, -0.2) is 8.42 Å². The van der Waals surface area contributed by atoms with E-state index in [0.717, 1.165) is 9.99 Å². The highest BCUT2D eigenvalue weighted by molar-refractivity contribution is 14.1. The van der Waals surface area contributed by atoms with Gasteiger partial charge in [-0.15, -0.1) is 0 Å². The third kappa shape index (κ3) is 1.88. The van der Waals surface area contributed by atoms with Crippen molar-refractivity contribution in [1.29, 1.82) is 0 Å². The van der Waals surface area contributed by atoms with Crippen LogP contribution in [0.5, 0.6) is 0 Å². The van der Waals surface area contributed by atoms with E-state index >= 15 is 0 Å². The minimum Gasteiger partial charge on any atom is -0.270 e. The van der Waals surface area contributed by atoms with E-state index in [2.05, 4.69) is 27.7 Å². The topological polar surface area (TPSA) is 52.0 Å². The van der Waals surface area contributed by atoms with Crippen molar-refractivity contribution in [2.45, 2.75) is 18.2 Å². The van der Waals surface area contributed by atoms with Crippen LogP contribution in [0.4, 0.5) is 0 Å². The number of halogens is 1. The van der Waals surface area contributed by atoms with Crippen LogP contribution >= 0.6 is 22.6 Å². The van der Waals surface area contributed by atoms with Crippen LogP contribution in [0, 0.1) is 3.57 Å². The lowest BCUT2D eigenvalue weighted by atomic mass is 10.3. The van der Waals surface area contributed by atoms with Gasteiger partial charge in [0.2, 0.25) is 0 Å². The first kappa shape index (κ1) is 9.45. The lowest BCUT2D eigenvalue weighted by Crippen LogP contribution is -2.39. The third-order valence-corrected chi connectivity index (χ3v) is 4.99. The fourth-order valence-corrected chi connectivity index (χ4v) is 3.11. The number of sulfone groups is 1. The minimum atomic E-state index is -2.77. The maximum absolute atomic E-state index is 11.2. The Kier molecular flexibility index (Phi) is 2.35. The first-order valence-electron chi connectivity index (χ1n) is 3.97. The summed E-state index contributed by atoms with van der Waals surface area (Å²) in [5.74, 6) is 0.343. The Morgan fingerprint density at radius 1 is 1.69 bits per heavy atom. The maximum atomic E-state index is 11.2. The molecule has 0 aromatic carbocycles. The average Bonchev–Trinajstić information content (AvgIpc) is 2.46. The molecule has 0 amide bonds. The van der Waals surface area contributed by atoms with Crippen molar-refractivity contribution < 1.29 is 8.42 Å². The van der Waals surface area contributed by atoms with Crippen molar-refractivity contribution in [2.75, 3.05) is 5.75 Å². The Hall–Kier alpha value is -0.110. The fourth-order valence-electron chi connectivity index (χ4n) is 1.33. The summed E-state index contributed by atoms with van der Waals surface area (Å²) in [6.07, 6.45) is 4.36. The quantitative estimate of drug-likeness (QED) is 0.755. The van der Waals surface area contributed by atoms with Crippen LogP contribution < -0.4 is 0 Å². The molecule has 13 heavy (non-hydrogen) atoms. The molecule has 1 saturated heterocycles. The molecule has 0 radical (unpaired) electrons. The molecule has 1 aliphatic rings. The van der Waals surface area contributed by atoms with Crippen LogP contribution in [0.3, 0.4) is 0 Å². The Morgan fingerprint density at radius 2 is 2.46 bits per heavy atom. The van der Waals surface area contributed by atoms with Gasteiger partial charge in [0.1, 0.15) is 0 Å². The summed E-state index contributed by atoms with van der Waals surface area (Å²) < 4.78 is 25.1. The van der Waals surface area contributed by atoms with Crippen molar-refractivity contribution in [3.63, 3.8) is 0 Å². The number of hydrogen-bond acceptors (Lipinski definition) is 3. The largest absolute Gasteiger partial charge is 0.270 e. The molecule has 1 fully saturated rings. The third-order valence-electron chi connectivity index (χ3n) is 2.22.